The number of urea groups is 1. The maximum atomic E-state index is 12.9. The summed E-state index contributed by atoms with van der Waals surface area (Å²) in [6.45, 7) is 0.715. The molecule has 3 aromatic rings. The molecule has 1 fully saturated rings. The molecule has 1 N–H and O–H groups in total. The molecule has 2 amide bonds. The van der Waals surface area contributed by atoms with Gasteiger partial charge in [-0.15, -0.1) is 10.2 Å². The van der Waals surface area contributed by atoms with E-state index in [0.29, 0.717) is 17.9 Å². The van der Waals surface area contributed by atoms with Crippen LogP contribution in [-0.4, -0.2) is 32.1 Å². The van der Waals surface area contributed by atoms with E-state index in [2.05, 4.69) is 15.5 Å². The minimum absolute atomic E-state index is 0.0277. The van der Waals surface area contributed by atoms with Crippen LogP contribution >= 0.6 is 0 Å². The monoisotopic (exact) mass is 325 g/mol. The Kier molecular flexibility index (Phi) is 3.90. The van der Waals surface area contributed by atoms with Crippen LogP contribution < -0.4 is 5.32 Å². The van der Waals surface area contributed by atoms with Gasteiger partial charge in [-0.2, -0.15) is 0 Å². The summed E-state index contributed by atoms with van der Waals surface area (Å²) in [5.74, 6) is 0.840. The lowest BCUT2D eigenvalue weighted by molar-refractivity contribution is 0.179. The molecule has 7 heteroatoms. The number of carbonyl (C=O) groups is 1. The summed E-state index contributed by atoms with van der Waals surface area (Å²) in [5.41, 5.74) is 1.29. The SMILES string of the molecule is O=C(Nc1cccn2cnnc12)N1CCCCCC1c1ccco1. The van der Waals surface area contributed by atoms with Gasteiger partial charge in [0.15, 0.2) is 5.65 Å². The summed E-state index contributed by atoms with van der Waals surface area (Å²) in [7, 11) is 0. The van der Waals surface area contributed by atoms with E-state index in [1.807, 2.05) is 35.4 Å². The lowest BCUT2D eigenvalue weighted by atomic mass is 10.1. The van der Waals surface area contributed by atoms with Gasteiger partial charge in [-0.1, -0.05) is 12.8 Å². The van der Waals surface area contributed by atoms with Crippen LogP contribution in [0.2, 0.25) is 0 Å². The van der Waals surface area contributed by atoms with E-state index < -0.39 is 0 Å². The molecule has 1 aliphatic rings. The van der Waals surface area contributed by atoms with Crippen molar-refractivity contribution < 1.29 is 9.21 Å². The molecule has 0 aliphatic carbocycles. The summed E-state index contributed by atoms with van der Waals surface area (Å²) in [6.07, 6.45) is 9.25. The van der Waals surface area contributed by atoms with Crippen molar-refractivity contribution in [3.05, 3.63) is 48.8 Å². The molecule has 7 nitrogen and oxygen atoms in total. The summed E-state index contributed by atoms with van der Waals surface area (Å²) < 4.78 is 7.35. The lowest BCUT2D eigenvalue weighted by Crippen LogP contribution is -2.38. The van der Waals surface area contributed by atoms with Crippen molar-refractivity contribution in [1.82, 2.24) is 19.5 Å². The molecule has 1 unspecified atom stereocenters. The zero-order valence-electron chi connectivity index (χ0n) is 13.3. The number of anilines is 1. The summed E-state index contributed by atoms with van der Waals surface area (Å²) in [5, 5.41) is 10.9. The number of amides is 2. The van der Waals surface area contributed by atoms with Crippen molar-refractivity contribution in [2.75, 3.05) is 11.9 Å². The van der Waals surface area contributed by atoms with Gasteiger partial charge < -0.3 is 14.6 Å². The first-order valence-corrected chi connectivity index (χ1v) is 8.22. The van der Waals surface area contributed by atoms with E-state index in [-0.39, 0.29) is 12.1 Å². The van der Waals surface area contributed by atoms with Crippen molar-refractivity contribution >= 4 is 17.4 Å². The number of furan rings is 1. The third-order valence-electron chi connectivity index (χ3n) is 4.45. The predicted octanol–water partition coefficient (Wildman–Crippen LogP) is 3.47. The number of rotatable bonds is 2. The predicted molar refractivity (Wildman–Crippen MR) is 88.6 cm³/mol. The van der Waals surface area contributed by atoms with E-state index in [4.69, 9.17) is 4.42 Å². The van der Waals surface area contributed by atoms with Crippen molar-refractivity contribution in [3.63, 3.8) is 0 Å². The van der Waals surface area contributed by atoms with Crippen LogP contribution in [0.1, 0.15) is 37.5 Å². The zero-order chi connectivity index (χ0) is 16.4. The fraction of sp³-hybridized carbons (Fsp3) is 0.353. The zero-order valence-corrected chi connectivity index (χ0v) is 13.3. The van der Waals surface area contributed by atoms with Crippen LogP contribution in [0.3, 0.4) is 0 Å². The van der Waals surface area contributed by atoms with Gasteiger partial charge in [0.2, 0.25) is 0 Å². The molecular weight excluding hydrogens is 306 g/mol. The van der Waals surface area contributed by atoms with Gasteiger partial charge in [0.25, 0.3) is 0 Å². The number of nitrogens with one attached hydrogen (secondary N) is 1. The van der Waals surface area contributed by atoms with Gasteiger partial charge in [-0.05, 0) is 37.1 Å². The van der Waals surface area contributed by atoms with Crippen LogP contribution in [0.5, 0.6) is 0 Å². The van der Waals surface area contributed by atoms with Crippen LogP contribution in [0.25, 0.3) is 5.65 Å². The number of hydrogen-bond donors (Lipinski definition) is 1. The molecule has 0 spiro atoms. The second kappa shape index (κ2) is 6.35. The second-order valence-electron chi connectivity index (χ2n) is 5.99. The maximum Gasteiger partial charge on any atom is 0.322 e. The quantitative estimate of drug-likeness (QED) is 0.783. The van der Waals surface area contributed by atoms with Crippen LogP contribution in [0.4, 0.5) is 10.5 Å². The Morgan fingerprint density at radius 2 is 2.21 bits per heavy atom. The molecule has 4 rings (SSSR count). The Labute approximate surface area is 139 Å². The average molecular weight is 325 g/mol. The van der Waals surface area contributed by atoms with Gasteiger partial charge in [-0.25, -0.2) is 4.79 Å². The Hall–Kier alpha value is -2.83. The second-order valence-corrected chi connectivity index (χ2v) is 5.99. The van der Waals surface area contributed by atoms with Crippen molar-refractivity contribution in [1.29, 1.82) is 0 Å². The molecule has 0 radical (unpaired) electrons. The van der Waals surface area contributed by atoms with Crippen LogP contribution in [0.15, 0.2) is 47.5 Å². The van der Waals surface area contributed by atoms with E-state index in [1.54, 1.807) is 17.0 Å². The molecule has 3 aromatic heterocycles. The van der Waals surface area contributed by atoms with E-state index in [0.717, 1.165) is 31.4 Å². The average Bonchev–Trinajstić information content (AvgIpc) is 3.23. The molecule has 24 heavy (non-hydrogen) atoms. The molecule has 1 saturated heterocycles. The Balaban J connectivity index is 1.60. The topological polar surface area (TPSA) is 75.7 Å². The molecule has 0 bridgehead atoms. The third kappa shape index (κ3) is 2.73. The highest BCUT2D eigenvalue weighted by Crippen LogP contribution is 2.31. The van der Waals surface area contributed by atoms with E-state index >= 15 is 0 Å². The minimum Gasteiger partial charge on any atom is -0.467 e. The third-order valence-corrected chi connectivity index (χ3v) is 4.45. The molecular formula is C17H19N5O2. The van der Waals surface area contributed by atoms with E-state index in [9.17, 15) is 4.79 Å². The maximum absolute atomic E-state index is 12.9. The number of nitrogens with zero attached hydrogens (tertiary/aromatic N) is 4. The van der Waals surface area contributed by atoms with Gasteiger partial charge in [0.1, 0.15) is 12.1 Å². The molecule has 1 atom stereocenters. The highest BCUT2D eigenvalue weighted by atomic mass is 16.3. The fourth-order valence-electron chi connectivity index (χ4n) is 3.26. The first kappa shape index (κ1) is 14.7. The van der Waals surface area contributed by atoms with Crippen molar-refractivity contribution in [3.8, 4) is 0 Å². The number of pyridine rings is 1. The highest BCUT2D eigenvalue weighted by Gasteiger charge is 2.29. The number of carbonyl (C=O) groups excluding carboxylic acids is 1. The van der Waals surface area contributed by atoms with Crippen molar-refractivity contribution in [2.24, 2.45) is 0 Å². The number of hydrogen-bond acceptors (Lipinski definition) is 4. The Morgan fingerprint density at radius 3 is 3.08 bits per heavy atom. The number of likely N-dealkylation sites (tertiary alicyclic amines) is 1. The number of aromatic nitrogens is 3. The normalized spacial score (nSPS) is 18.5. The number of fused-ring (bicyclic) bond motifs is 1. The smallest absolute Gasteiger partial charge is 0.322 e. The fourth-order valence-corrected chi connectivity index (χ4v) is 3.26. The van der Waals surface area contributed by atoms with Gasteiger partial charge >= 0.3 is 6.03 Å². The molecule has 0 aromatic carbocycles. The minimum atomic E-state index is -0.130. The molecule has 4 heterocycles. The molecule has 1 aliphatic heterocycles. The summed E-state index contributed by atoms with van der Waals surface area (Å²) >= 11 is 0. The first-order valence-electron chi connectivity index (χ1n) is 8.22. The van der Waals surface area contributed by atoms with Gasteiger partial charge in [0, 0.05) is 12.7 Å². The molecule has 124 valence electrons. The van der Waals surface area contributed by atoms with Crippen LogP contribution in [0, 0.1) is 0 Å². The summed E-state index contributed by atoms with van der Waals surface area (Å²) in [6, 6.07) is 7.34. The van der Waals surface area contributed by atoms with Gasteiger partial charge in [0.05, 0.1) is 18.0 Å². The van der Waals surface area contributed by atoms with E-state index in [1.165, 1.54) is 0 Å². The Bertz CT molecular complexity index is 827. The Morgan fingerprint density at radius 1 is 1.25 bits per heavy atom. The largest absolute Gasteiger partial charge is 0.467 e. The van der Waals surface area contributed by atoms with Gasteiger partial charge in [-0.3, -0.25) is 4.40 Å². The standard InChI is InChI=1S/C17H19N5O2/c23-17(19-13-6-4-9-21-12-18-20-16(13)21)22-10-3-1-2-7-14(22)15-8-5-11-24-15/h4-6,8-9,11-12,14H,1-3,7,10H2,(H,19,23). The highest BCUT2D eigenvalue weighted by molar-refractivity contribution is 5.93. The first-order chi connectivity index (χ1) is 11.8. The summed E-state index contributed by atoms with van der Waals surface area (Å²) in [4.78, 5) is 14.8. The van der Waals surface area contributed by atoms with Crippen LogP contribution in [-0.2, 0) is 0 Å². The lowest BCUT2D eigenvalue weighted by Gasteiger charge is -2.28. The van der Waals surface area contributed by atoms with Crippen molar-refractivity contribution in [2.45, 2.75) is 31.7 Å². The molecule has 0 saturated carbocycles.